The van der Waals surface area contributed by atoms with Gasteiger partial charge in [0, 0.05) is 22.8 Å². The number of carboxylic acid groups (broad SMARTS) is 1. The molecule has 2 fully saturated rings. The fourth-order valence-electron chi connectivity index (χ4n) is 3.92. The van der Waals surface area contributed by atoms with Gasteiger partial charge in [-0.3, -0.25) is 9.59 Å². The lowest BCUT2D eigenvalue weighted by Crippen LogP contribution is -2.40. The summed E-state index contributed by atoms with van der Waals surface area (Å²) in [6.45, 7) is 1.34. The summed E-state index contributed by atoms with van der Waals surface area (Å²) >= 11 is 7.70. The summed E-state index contributed by atoms with van der Waals surface area (Å²) < 4.78 is 1.14. The standard InChI is InChI=1S/C18H18ClNO3S/c19-12-1-2-15-13(8-12)11(10-24-15)7-16(21)20-5-3-18(4-6-20)9-14(18)17(22)23/h1-2,8,10,14H,3-7,9H2,(H,22,23). The molecule has 2 aliphatic rings. The van der Waals surface area contributed by atoms with Crippen molar-refractivity contribution in [2.75, 3.05) is 13.1 Å². The van der Waals surface area contributed by atoms with Crippen molar-refractivity contribution in [3.8, 4) is 0 Å². The largest absolute Gasteiger partial charge is 0.481 e. The smallest absolute Gasteiger partial charge is 0.307 e. The highest BCUT2D eigenvalue weighted by atomic mass is 35.5. The lowest BCUT2D eigenvalue weighted by molar-refractivity contribution is -0.139. The van der Waals surface area contributed by atoms with Crippen LogP contribution in [0.5, 0.6) is 0 Å². The van der Waals surface area contributed by atoms with Gasteiger partial charge in [-0.1, -0.05) is 11.6 Å². The van der Waals surface area contributed by atoms with Gasteiger partial charge < -0.3 is 10.0 Å². The molecule has 1 N–H and O–H groups in total. The van der Waals surface area contributed by atoms with Crippen molar-refractivity contribution in [2.45, 2.75) is 25.7 Å². The number of rotatable bonds is 3. The number of aliphatic carboxylic acids is 1. The molecule has 1 aromatic carbocycles. The molecule has 1 spiro atoms. The van der Waals surface area contributed by atoms with Crippen molar-refractivity contribution in [3.05, 3.63) is 34.2 Å². The molecule has 126 valence electrons. The quantitative estimate of drug-likeness (QED) is 0.902. The molecule has 1 atom stereocenters. The highest BCUT2D eigenvalue weighted by molar-refractivity contribution is 7.17. The van der Waals surface area contributed by atoms with Crippen LogP contribution >= 0.6 is 22.9 Å². The Bertz CT molecular complexity index is 823. The van der Waals surface area contributed by atoms with E-state index in [1.54, 1.807) is 11.3 Å². The van der Waals surface area contributed by atoms with Crippen molar-refractivity contribution in [2.24, 2.45) is 11.3 Å². The van der Waals surface area contributed by atoms with Crippen LogP contribution in [-0.2, 0) is 16.0 Å². The molecular weight excluding hydrogens is 346 g/mol. The first-order valence-electron chi connectivity index (χ1n) is 8.15. The topological polar surface area (TPSA) is 57.6 Å². The number of carbonyl (C=O) groups excluding carboxylic acids is 1. The van der Waals surface area contributed by atoms with Crippen LogP contribution in [0, 0.1) is 11.3 Å². The Labute approximate surface area is 149 Å². The van der Waals surface area contributed by atoms with Gasteiger partial charge in [0.25, 0.3) is 0 Å². The summed E-state index contributed by atoms with van der Waals surface area (Å²) in [6, 6.07) is 5.77. The van der Waals surface area contributed by atoms with Gasteiger partial charge in [0.1, 0.15) is 0 Å². The molecule has 1 unspecified atom stereocenters. The third-order valence-corrected chi connectivity index (χ3v) is 6.80. The molecule has 4 rings (SSSR count). The third kappa shape index (κ3) is 2.70. The normalized spacial score (nSPS) is 22.0. The van der Waals surface area contributed by atoms with Crippen LogP contribution in [0.2, 0.25) is 5.02 Å². The van der Waals surface area contributed by atoms with Crippen molar-refractivity contribution >= 4 is 44.9 Å². The molecule has 0 radical (unpaired) electrons. The van der Waals surface area contributed by atoms with Gasteiger partial charge in [0.2, 0.25) is 5.91 Å². The number of thiophene rings is 1. The minimum atomic E-state index is -0.684. The number of hydrogen-bond donors (Lipinski definition) is 1. The third-order valence-electron chi connectivity index (χ3n) is 5.56. The van der Waals surface area contributed by atoms with Gasteiger partial charge in [-0.2, -0.15) is 0 Å². The number of halogens is 1. The Hall–Kier alpha value is -1.59. The summed E-state index contributed by atoms with van der Waals surface area (Å²) in [5.74, 6) is -0.758. The predicted molar refractivity (Wildman–Crippen MR) is 94.5 cm³/mol. The maximum atomic E-state index is 12.6. The Balaban J connectivity index is 1.42. The zero-order valence-corrected chi connectivity index (χ0v) is 14.7. The number of likely N-dealkylation sites (tertiary alicyclic amines) is 1. The second-order valence-corrected chi connectivity index (χ2v) is 8.26. The van der Waals surface area contributed by atoms with E-state index in [0.29, 0.717) is 24.5 Å². The molecule has 1 aliphatic carbocycles. The fourth-order valence-corrected chi connectivity index (χ4v) is 5.03. The molecule has 2 heterocycles. The number of fused-ring (bicyclic) bond motifs is 1. The van der Waals surface area contributed by atoms with Crippen molar-refractivity contribution in [1.82, 2.24) is 4.90 Å². The second-order valence-electron chi connectivity index (χ2n) is 6.92. The average Bonchev–Trinajstić information content (AvgIpc) is 3.13. The van der Waals surface area contributed by atoms with E-state index in [1.807, 2.05) is 28.5 Å². The number of benzene rings is 1. The summed E-state index contributed by atoms with van der Waals surface area (Å²) in [6.07, 6.45) is 2.78. The molecular formula is C18H18ClNO3S. The van der Waals surface area contributed by atoms with E-state index in [1.165, 1.54) is 0 Å². The number of piperidine rings is 1. The Kier molecular flexibility index (Phi) is 3.81. The van der Waals surface area contributed by atoms with E-state index in [0.717, 1.165) is 34.9 Å². The number of amides is 1. The maximum absolute atomic E-state index is 12.6. The van der Waals surface area contributed by atoms with Crippen LogP contribution in [-0.4, -0.2) is 35.0 Å². The zero-order chi connectivity index (χ0) is 16.9. The molecule has 1 aliphatic heterocycles. The summed E-state index contributed by atoms with van der Waals surface area (Å²) in [5, 5.41) is 12.9. The fraction of sp³-hybridized carbons (Fsp3) is 0.444. The second kappa shape index (κ2) is 5.74. The Morgan fingerprint density at radius 3 is 2.75 bits per heavy atom. The molecule has 1 amide bonds. The van der Waals surface area contributed by atoms with Crippen molar-refractivity contribution in [3.63, 3.8) is 0 Å². The number of hydrogen-bond acceptors (Lipinski definition) is 3. The highest BCUT2D eigenvalue weighted by Crippen LogP contribution is 2.59. The highest BCUT2D eigenvalue weighted by Gasteiger charge is 2.59. The van der Waals surface area contributed by atoms with Crippen molar-refractivity contribution in [1.29, 1.82) is 0 Å². The first kappa shape index (κ1) is 15.9. The molecule has 6 heteroatoms. The van der Waals surface area contributed by atoms with E-state index in [4.69, 9.17) is 16.7 Å². The molecule has 1 aromatic heterocycles. The van der Waals surface area contributed by atoms with Gasteiger partial charge in [0.15, 0.2) is 0 Å². The molecule has 4 nitrogen and oxygen atoms in total. The van der Waals surface area contributed by atoms with Gasteiger partial charge in [-0.15, -0.1) is 11.3 Å². The maximum Gasteiger partial charge on any atom is 0.307 e. The first-order valence-corrected chi connectivity index (χ1v) is 9.40. The molecule has 24 heavy (non-hydrogen) atoms. The van der Waals surface area contributed by atoms with Crippen LogP contribution in [0.15, 0.2) is 23.6 Å². The SMILES string of the molecule is O=C(O)C1CC12CCN(C(=O)Cc1csc3ccc(Cl)cc13)CC2. The van der Waals surface area contributed by atoms with E-state index in [-0.39, 0.29) is 17.2 Å². The van der Waals surface area contributed by atoms with Gasteiger partial charge in [-0.05, 0) is 59.2 Å². The molecule has 1 saturated carbocycles. The van der Waals surface area contributed by atoms with Crippen LogP contribution < -0.4 is 0 Å². The number of carbonyl (C=O) groups is 2. The Morgan fingerprint density at radius 1 is 1.33 bits per heavy atom. The average molecular weight is 364 g/mol. The van der Waals surface area contributed by atoms with Crippen LogP contribution in [0.25, 0.3) is 10.1 Å². The van der Waals surface area contributed by atoms with Crippen LogP contribution in [0.1, 0.15) is 24.8 Å². The van der Waals surface area contributed by atoms with E-state index in [2.05, 4.69) is 0 Å². The lowest BCUT2D eigenvalue weighted by atomic mass is 9.90. The minimum absolute atomic E-state index is 0.0365. The monoisotopic (exact) mass is 363 g/mol. The zero-order valence-electron chi connectivity index (χ0n) is 13.1. The van der Waals surface area contributed by atoms with Crippen LogP contribution in [0.3, 0.4) is 0 Å². The lowest BCUT2D eigenvalue weighted by Gasteiger charge is -2.32. The number of nitrogens with zero attached hydrogens (tertiary/aromatic N) is 1. The summed E-state index contributed by atoms with van der Waals surface area (Å²) in [4.78, 5) is 25.6. The van der Waals surface area contributed by atoms with Crippen LogP contribution in [0.4, 0.5) is 0 Å². The van der Waals surface area contributed by atoms with Gasteiger partial charge >= 0.3 is 5.97 Å². The van der Waals surface area contributed by atoms with E-state index in [9.17, 15) is 9.59 Å². The van der Waals surface area contributed by atoms with Gasteiger partial charge in [-0.25, -0.2) is 0 Å². The molecule has 0 bridgehead atoms. The molecule has 2 aromatic rings. The van der Waals surface area contributed by atoms with Gasteiger partial charge in [0.05, 0.1) is 12.3 Å². The summed E-state index contributed by atoms with van der Waals surface area (Å²) in [5.41, 5.74) is 0.989. The summed E-state index contributed by atoms with van der Waals surface area (Å²) in [7, 11) is 0. The number of carboxylic acids is 1. The van der Waals surface area contributed by atoms with E-state index >= 15 is 0 Å². The van der Waals surface area contributed by atoms with Crippen molar-refractivity contribution < 1.29 is 14.7 Å². The Morgan fingerprint density at radius 2 is 2.08 bits per heavy atom. The molecule has 1 saturated heterocycles. The van der Waals surface area contributed by atoms with E-state index < -0.39 is 5.97 Å². The first-order chi connectivity index (χ1) is 11.5. The predicted octanol–water partition coefficient (Wildman–Crippen LogP) is 3.81. The minimum Gasteiger partial charge on any atom is -0.481 e.